The molecule has 9 heteroatoms. The van der Waals surface area contributed by atoms with Gasteiger partial charge in [0.15, 0.2) is 0 Å². The minimum Gasteiger partial charge on any atom is -0.432 e. The van der Waals surface area contributed by atoms with Crippen molar-refractivity contribution >= 4 is 6.16 Å². The van der Waals surface area contributed by atoms with E-state index in [1.165, 1.54) is 18.4 Å². The Morgan fingerprint density at radius 3 is 2.44 bits per heavy atom. The van der Waals surface area contributed by atoms with Crippen molar-refractivity contribution in [1.82, 2.24) is 4.90 Å². The molecule has 5 aliphatic carbocycles. The van der Waals surface area contributed by atoms with Crippen molar-refractivity contribution in [2.45, 2.75) is 108 Å². The third-order valence-electron chi connectivity index (χ3n) is 13.0. The molecular formula is C36H55NO8. The fourth-order valence-corrected chi connectivity index (χ4v) is 10.1. The SMILES string of the molecule is COCCOCCOC(=O)Oc1ccc2c(c1C)[C@]13CCN(CC4CC4)[C@H](C2)[C@]12CC[C@](OC)([C@@H]([C@](C)(O)C(C)(C)C)C2)[C@@H]3O. The van der Waals surface area contributed by atoms with Crippen molar-refractivity contribution in [3.63, 3.8) is 0 Å². The Hall–Kier alpha value is -1.75. The highest BCUT2D eigenvalue weighted by Gasteiger charge is 2.79. The maximum Gasteiger partial charge on any atom is 0.513 e. The predicted molar refractivity (Wildman–Crippen MR) is 170 cm³/mol. The molecule has 1 heterocycles. The number of benzene rings is 1. The van der Waals surface area contributed by atoms with E-state index in [1.54, 1.807) is 14.2 Å². The molecule has 45 heavy (non-hydrogen) atoms. The Morgan fingerprint density at radius 1 is 1.04 bits per heavy atom. The van der Waals surface area contributed by atoms with Crippen molar-refractivity contribution in [3.05, 3.63) is 28.8 Å². The number of likely N-dealkylation sites (tertiary alicyclic amines) is 1. The molecule has 6 aliphatic rings. The number of carbonyl (C=O) groups excluding carboxylic acids is 1. The molecular weight excluding hydrogens is 574 g/mol. The summed E-state index contributed by atoms with van der Waals surface area (Å²) in [7, 11) is 3.33. The lowest BCUT2D eigenvalue weighted by molar-refractivity contribution is -0.326. The number of aliphatic hydroxyl groups is 2. The van der Waals surface area contributed by atoms with Crippen LogP contribution in [0, 0.1) is 29.6 Å². The van der Waals surface area contributed by atoms with Gasteiger partial charge in [-0.15, -0.1) is 0 Å². The summed E-state index contributed by atoms with van der Waals surface area (Å²) >= 11 is 0. The van der Waals surface area contributed by atoms with Gasteiger partial charge in [-0.25, -0.2) is 4.79 Å². The van der Waals surface area contributed by atoms with Crippen LogP contribution in [-0.2, 0) is 30.8 Å². The molecule has 1 saturated heterocycles. The standard InChI is InChI=1S/C36H55NO8/c1-23-26(45-31(39)44-19-18-43-17-16-41-6)11-10-25-20-28-34-12-13-36(42-7,27(21-34)33(5,40)32(2,3)4)30(38)35(34,29(23)25)14-15-37(28)22-24-8-9-24/h10-11,24,27-28,30,38,40H,8-9,12-22H2,1-7H3/t27-,28-,30-,33+,34-,35+,36+/m1/s1. The van der Waals surface area contributed by atoms with E-state index in [0.29, 0.717) is 25.4 Å². The van der Waals surface area contributed by atoms with Gasteiger partial charge in [0.1, 0.15) is 18.0 Å². The number of hydrogen-bond acceptors (Lipinski definition) is 9. The van der Waals surface area contributed by atoms with E-state index in [4.69, 9.17) is 23.7 Å². The molecule has 7 atom stereocenters. The molecule has 1 aromatic carbocycles. The summed E-state index contributed by atoms with van der Waals surface area (Å²) in [5.41, 5.74) is -0.0125. The van der Waals surface area contributed by atoms with Gasteiger partial charge in [0.2, 0.25) is 0 Å². The van der Waals surface area contributed by atoms with Gasteiger partial charge in [0.05, 0.1) is 31.5 Å². The first kappa shape index (κ1) is 33.2. The number of piperidine rings is 1. The van der Waals surface area contributed by atoms with Crippen LogP contribution >= 0.6 is 0 Å². The second kappa shape index (κ2) is 11.7. The zero-order valence-corrected chi connectivity index (χ0v) is 28.4. The topological polar surface area (TPSA) is 107 Å². The van der Waals surface area contributed by atoms with Crippen LogP contribution in [0.25, 0.3) is 0 Å². The molecule has 1 aromatic rings. The number of methoxy groups -OCH3 is 2. The molecule has 0 amide bonds. The first-order valence-electron chi connectivity index (χ1n) is 17.0. The monoisotopic (exact) mass is 629 g/mol. The van der Waals surface area contributed by atoms with Gasteiger partial charge in [-0.2, -0.15) is 0 Å². The van der Waals surface area contributed by atoms with Crippen LogP contribution in [0.1, 0.15) is 82.9 Å². The Bertz CT molecular complexity index is 1270. The fraction of sp³-hybridized carbons (Fsp3) is 0.806. The summed E-state index contributed by atoms with van der Waals surface area (Å²) in [5.74, 6) is 0.978. The maximum atomic E-state index is 13.0. The lowest BCUT2D eigenvalue weighted by atomic mass is 9.32. The van der Waals surface area contributed by atoms with Gasteiger partial charge in [-0.3, -0.25) is 4.90 Å². The highest BCUT2D eigenvalue weighted by molar-refractivity contribution is 5.66. The maximum absolute atomic E-state index is 13.0. The lowest BCUT2D eigenvalue weighted by Crippen LogP contribution is -2.83. The lowest BCUT2D eigenvalue weighted by Gasteiger charge is -2.77. The van der Waals surface area contributed by atoms with E-state index >= 15 is 0 Å². The first-order chi connectivity index (χ1) is 21.3. The second-order valence-corrected chi connectivity index (χ2v) is 15.8. The third-order valence-corrected chi connectivity index (χ3v) is 13.0. The van der Waals surface area contributed by atoms with Crippen LogP contribution in [0.4, 0.5) is 4.79 Å². The summed E-state index contributed by atoms with van der Waals surface area (Å²) in [6, 6.07) is 4.24. The second-order valence-electron chi connectivity index (χ2n) is 15.8. The van der Waals surface area contributed by atoms with Crippen LogP contribution in [0.3, 0.4) is 0 Å². The van der Waals surface area contributed by atoms with Crippen LogP contribution in [-0.4, -0.2) is 98.4 Å². The van der Waals surface area contributed by atoms with Crippen LogP contribution in [0.2, 0.25) is 0 Å². The zero-order valence-electron chi connectivity index (χ0n) is 28.4. The van der Waals surface area contributed by atoms with Crippen molar-refractivity contribution in [1.29, 1.82) is 0 Å². The molecule has 9 nitrogen and oxygen atoms in total. The van der Waals surface area contributed by atoms with E-state index in [0.717, 1.165) is 55.8 Å². The Balaban J connectivity index is 1.40. The third kappa shape index (κ3) is 4.98. The van der Waals surface area contributed by atoms with E-state index in [-0.39, 0.29) is 30.6 Å². The number of ether oxygens (including phenoxy) is 5. The highest BCUT2D eigenvalue weighted by atomic mass is 16.7. The van der Waals surface area contributed by atoms with Crippen LogP contribution in [0.15, 0.2) is 12.1 Å². The summed E-state index contributed by atoms with van der Waals surface area (Å²) < 4.78 is 28.0. The summed E-state index contributed by atoms with van der Waals surface area (Å²) in [4.78, 5) is 15.5. The van der Waals surface area contributed by atoms with E-state index < -0.39 is 34.3 Å². The largest absolute Gasteiger partial charge is 0.513 e. The summed E-state index contributed by atoms with van der Waals surface area (Å²) in [6.07, 6.45) is 5.09. The molecule has 4 bridgehead atoms. The minimum atomic E-state index is -1.06. The van der Waals surface area contributed by atoms with Gasteiger partial charge in [0, 0.05) is 38.1 Å². The fourth-order valence-electron chi connectivity index (χ4n) is 10.1. The highest BCUT2D eigenvalue weighted by Crippen LogP contribution is 2.74. The van der Waals surface area contributed by atoms with Gasteiger partial charge in [-0.1, -0.05) is 26.8 Å². The molecule has 1 spiro atoms. The van der Waals surface area contributed by atoms with Crippen LogP contribution < -0.4 is 4.74 Å². The quantitative estimate of drug-likeness (QED) is 0.203. The van der Waals surface area contributed by atoms with E-state index in [2.05, 4.69) is 31.7 Å². The molecule has 7 rings (SSSR count). The normalized spacial score (nSPS) is 35.4. The number of aliphatic hydroxyl groups excluding tert-OH is 1. The number of rotatable bonds is 11. The van der Waals surface area contributed by atoms with Gasteiger partial charge >= 0.3 is 6.16 Å². The van der Waals surface area contributed by atoms with Crippen molar-refractivity contribution in [3.8, 4) is 5.75 Å². The number of nitrogens with zero attached hydrogens (tertiary/aromatic N) is 1. The molecule has 0 radical (unpaired) electrons. The van der Waals surface area contributed by atoms with Crippen molar-refractivity contribution in [2.75, 3.05) is 53.7 Å². The van der Waals surface area contributed by atoms with Gasteiger partial charge in [0.25, 0.3) is 0 Å². The number of hydrogen-bond donors (Lipinski definition) is 2. The Labute approximate surface area is 268 Å². The molecule has 0 unspecified atom stereocenters. The predicted octanol–water partition coefficient (Wildman–Crippen LogP) is 4.79. The smallest absolute Gasteiger partial charge is 0.432 e. The number of carbonyl (C=O) groups is 1. The summed E-state index contributed by atoms with van der Waals surface area (Å²) in [5, 5.41) is 25.3. The van der Waals surface area contributed by atoms with E-state index in [1.807, 2.05) is 19.9 Å². The molecule has 2 N–H and O–H groups in total. The summed E-state index contributed by atoms with van der Waals surface area (Å²) in [6.45, 7) is 13.5. The van der Waals surface area contributed by atoms with Crippen molar-refractivity contribution < 1.29 is 38.7 Å². The number of fused-ring (bicyclic) bond motifs is 3. The van der Waals surface area contributed by atoms with Gasteiger partial charge < -0.3 is 33.9 Å². The first-order valence-corrected chi connectivity index (χ1v) is 17.0. The zero-order chi connectivity index (χ0) is 32.4. The molecule has 5 fully saturated rings. The van der Waals surface area contributed by atoms with Gasteiger partial charge in [-0.05, 0) is 105 Å². The van der Waals surface area contributed by atoms with E-state index in [9.17, 15) is 15.0 Å². The Morgan fingerprint density at radius 2 is 1.78 bits per heavy atom. The molecule has 252 valence electrons. The molecule has 1 aliphatic heterocycles. The average Bonchev–Trinajstić information content (AvgIpc) is 3.81. The van der Waals surface area contributed by atoms with Crippen molar-refractivity contribution in [2.24, 2.45) is 22.7 Å². The Kier molecular flexibility index (Phi) is 8.65. The molecule has 0 aromatic heterocycles. The molecule has 4 saturated carbocycles. The van der Waals surface area contributed by atoms with Crippen LogP contribution in [0.5, 0.6) is 5.75 Å². The average molecular weight is 630 g/mol. The minimum absolute atomic E-state index is 0.0856.